The first-order chi connectivity index (χ1) is 10.2. The molecule has 0 radical (unpaired) electrons. The lowest BCUT2D eigenvalue weighted by Crippen LogP contribution is -2.24. The van der Waals surface area contributed by atoms with E-state index >= 15 is 0 Å². The van der Waals surface area contributed by atoms with Crippen LogP contribution in [0.2, 0.25) is 0 Å². The monoisotopic (exact) mass is 281 g/mol. The molecular formula is C20H27N. The molecule has 0 saturated heterocycles. The number of nitrogens with one attached hydrogen (secondary N) is 1. The lowest BCUT2D eigenvalue weighted by molar-refractivity contribution is 0.461. The van der Waals surface area contributed by atoms with Gasteiger partial charge in [0, 0.05) is 13.1 Å². The van der Waals surface area contributed by atoms with Crippen LogP contribution >= 0.6 is 0 Å². The van der Waals surface area contributed by atoms with E-state index in [2.05, 4.69) is 80.7 Å². The van der Waals surface area contributed by atoms with Gasteiger partial charge in [0.15, 0.2) is 0 Å². The molecule has 0 aliphatic carbocycles. The third-order valence-electron chi connectivity index (χ3n) is 4.21. The molecule has 21 heavy (non-hydrogen) atoms. The average molecular weight is 281 g/mol. The van der Waals surface area contributed by atoms with Gasteiger partial charge < -0.3 is 5.32 Å². The highest BCUT2D eigenvalue weighted by Gasteiger charge is 2.15. The standard InChI is InChI=1S/C20H27N/c1-4-17-10-8-9-13-19(17)14-21-15-20(16(2)3)18-11-6-5-7-12-18/h5-13,16,20-21H,4,14-15H2,1-3H3. The van der Waals surface area contributed by atoms with E-state index in [0.717, 1.165) is 19.5 Å². The normalized spacial score (nSPS) is 12.6. The number of hydrogen-bond acceptors (Lipinski definition) is 1. The lowest BCUT2D eigenvalue weighted by atomic mass is 9.88. The quantitative estimate of drug-likeness (QED) is 0.770. The second-order valence-electron chi connectivity index (χ2n) is 6.01. The van der Waals surface area contributed by atoms with Crippen LogP contribution in [-0.2, 0) is 13.0 Å². The summed E-state index contributed by atoms with van der Waals surface area (Å²) < 4.78 is 0. The molecule has 0 aliphatic rings. The highest BCUT2D eigenvalue weighted by atomic mass is 14.9. The zero-order valence-electron chi connectivity index (χ0n) is 13.5. The van der Waals surface area contributed by atoms with Crippen LogP contribution in [0.5, 0.6) is 0 Å². The van der Waals surface area contributed by atoms with Crippen molar-refractivity contribution >= 4 is 0 Å². The number of aryl methyl sites for hydroxylation is 1. The Morgan fingerprint density at radius 2 is 1.48 bits per heavy atom. The second kappa shape index (κ2) is 7.99. The average Bonchev–Trinajstić information content (AvgIpc) is 2.52. The summed E-state index contributed by atoms with van der Waals surface area (Å²) in [7, 11) is 0. The summed E-state index contributed by atoms with van der Waals surface area (Å²) in [5.41, 5.74) is 4.31. The van der Waals surface area contributed by atoms with Crippen LogP contribution in [0.15, 0.2) is 54.6 Å². The van der Waals surface area contributed by atoms with Crippen LogP contribution < -0.4 is 5.32 Å². The molecular weight excluding hydrogens is 254 g/mol. The summed E-state index contributed by atoms with van der Waals surface area (Å²) in [6, 6.07) is 19.6. The maximum atomic E-state index is 3.66. The predicted octanol–water partition coefficient (Wildman–Crippen LogP) is 4.78. The minimum Gasteiger partial charge on any atom is -0.312 e. The minimum absolute atomic E-state index is 0.569. The van der Waals surface area contributed by atoms with Crippen LogP contribution in [-0.4, -0.2) is 6.54 Å². The van der Waals surface area contributed by atoms with Crippen LogP contribution in [0, 0.1) is 5.92 Å². The first-order valence-electron chi connectivity index (χ1n) is 8.04. The first kappa shape index (κ1) is 15.8. The molecule has 0 amide bonds. The van der Waals surface area contributed by atoms with Gasteiger partial charge in [0.25, 0.3) is 0 Å². The molecule has 112 valence electrons. The lowest BCUT2D eigenvalue weighted by Gasteiger charge is -2.22. The maximum Gasteiger partial charge on any atom is 0.0208 e. The summed E-state index contributed by atoms with van der Waals surface area (Å²) in [5, 5.41) is 3.66. The summed E-state index contributed by atoms with van der Waals surface area (Å²) in [4.78, 5) is 0. The van der Waals surface area contributed by atoms with Gasteiger partial charge in [0.1, 0.15) is 0 Å². The number of rotatable bonds is 7. The number of benzene rings is 2. The predicted molar refractivity (Wildman–Crippen MR) is 91.5 cm³/mol. The Balaban J connectivity index is 1.97. The highest BCUT2D eigenvalue weighted by Crippen LogP contribution is 2.23. The zero-order chi connectivity index (χ0) is 15.1. The number of hydrogen-bond donors (Lipinski definition) is 1. The van der Waals surface area contributed by atoms with Crippen molar-refractivity contribution in [2.45, 2.75) is 39.7 Å². The van der Waals surface area contributed by atoms with Gasteiger partial charge in [0.05, 0.1) is 0 Å². The summed E-state index contributed by atoms with van der Waals surface area (Å²) in [6.45, 7) is 8.82. The molecule has 0 spiro atoms. The van der Waals surface area contributed by atoms with Crippen molar-refractivity contribution in [3.8, 4) is 0 Å². The fourth-order valence-corrected chi connectivity index (χ4v) is 2.88. The van der Waals surface area contributed by atoms with E-state index in [4.69, 9.17) is 0 Å². The van der Waals surface area contributed by atoms with Gasteiger partial charge in [-0.25, -0.2) is 0 Å². The molecule has 1 atom stereocenters. The van der Waals surface area contributed by atoms with Crippen molar-refractivity contribution in [1.29, 1.82) is 0 Å². The summed E-state index contributed by atoms with van der Waals surface area (Å²) in [5.74, 6) is 1.21. The van der Waals surface area contributed by atoms with Gasteiger partial charge in [-0.05, 0) is 34.9 Å². The van der Waals surface area contributed by atoms with Crippen molar-refractivity contribution in [2.24, 2.45) is 5.92 Å². The molecule has 1 heteroatoms. The van der Waals surface area contributed by atoms with Crippen LogP contribution in [0.1, 0.15) is 43.4 Å². The van der Waals surface area contributed by atoms with Crippen molar-refractivity contribution in [3.63, 3.8) is 0 Å². The molecule has 0 bridgehead atoms. The van der Waals surface area contributed by atoms with Crippen molar-refractivity contribution in [1.82, 2.24) is 5.32 Å². The summed E-state index contributed by atoms with van der Waals surface area (Å²) in [6.07, 6.45) is 1.10. The molecule has 0 fully saturated rings. The molecule has 0 heterocycles. The van der Waals surface area contributed by atoms with E-state index in [0.29, 0.717) is 11.8 Å². The van der Waals surface area contributed by atoms with Crippen LogP contribution in [0.25, 0.3) is 0 Å². The smallest absolute Gasteiger partial charge is 0.0208 e. The van der Waals surface area contributed by atoms with E-state index in [1.807, 2.05) is 0 Å². The van der Waals surface area contributed by atoms with Gasteiger partial charge in [-0.2, -0.15) is 0 Å². The Morgan fingerprint density at radius 1 is 0.857 bits per heavy atom. The Bertz CT molecular complexity index is 531. The molecule has 2 aromatic rings. The third-order valence-corrected chi connectivity index (χ3v) is 4.21. The fourth-order valence-electron chi connectivity index (χ4n) is 2.88. The van der Waals surface area contributed by atoms with Gasteiger partial charge in [-0.1, -0.05) is 75.4 Å². The van der Waals surface area contributed by atoms with Crippen molar-refractivity contribution in [3.05, 3.63) is 71.3 Å². The van der Waals surface area contributed by atoms with E-state index in [9.17, 15) is 0 Å². The molecule has 0 aromatic heterocycles. The molecule has 0 aliphatic heterocycles. The van der Waals surface area contributed by atoms with E-state index in [-0.39, 0.29) is 0 Å². The van der Waals surface area contributed by atoms with Gasteiger partial charge >= 0.3 is 0 Å². The molecule has 1 N–H and O–H groups in total. The van der Waals surface area contributed by atoms with Crippen LogP contribution in [0.3, 0.4) is 0 Å². The Kier molecular flexibility index (Phi) is 6.01. The summed E-state index contributed by atoms with van der Waals surface area (Å²) >= 11 is 0. The van der Waals surface area contributed by atoms with Crippen molar-refractivity contribution in [2.75, 3.05) is 6.54 Å². The maximum absolute atomic E-state index is 3.66. The van der Waals surface area contributed by atoms with Gasteiger partial charge in [-0.15, -0.1) is 0 Å². The second-order valence-corrected chi connectivity index (χ2v) is 6.01. The zero-order valence-corrected chi connectivity index (χ0v) is 13.5. The molecule has 2 aromatic carbocycles. The minimum atomic E-state index is 0.569. The van der Waals surface area contributed by atoms with Gasteiger partial charge in [0.2, 0.25) is 0 Å². The third kappa shape index (κ3) is 4.44. The molecule has 2 rings (SSSR count). The van der Waals surface area contributed by atoms with Crippen LogP contribution in [0.4, 0.5) is 0 Å². The SMILES string of the molecule is CCc1ccccc1CNCC(c1ccccc1)C(C)C. The van der Waals surface area contributed by atoms with E-state index < -0.39 is 0 Å². The highest BCUT2D eigenvalue weighted by molar-refractivity contribution is 5.27. The van der Waals surface area contributed by atoms with Crippen molar-refractivity contribution < 1.29 is 0 Å². The van der Waals surface area contributed by atoms with E-state index in [1.165, 1.54) is 16.7 Å². The molecule has 1 unspecified atom stereocenters. The van der Waals surface area contributed by atoms with E-state index in [1.54, 1.807) is 0 Å². The Labute approximate surface area is 129 Å². The Hall–Kier alpha value is -1.60. The Morgan fingerprint density at radius 3 is 2.10 bits per heavy atom. The fraction of sp³-hybridized carbons (Fsp3) is 0.400. The molecule has 1 nitrogen and oxygen atoms in total. The first-order valence-corrected chi connectivity index (χ1v) is 8.04. The topological polar surface area (TPSA) is 12.0 Å². The molecule has 0 saturated carbocycles. The largest absolute Gasteiger partial charge is 0.312 e. The van der Waals surface area contributed by atoms with Gasteiger partial charge in [-0.3, -0.25) is 0 Å².